The monoisotopic (exact) mass is 297 g/mol. The van der Waals surface area contributed by atoms with Crippen LogP contribution in [0.2, 0.25) is 0 Å². The minimum atomic E-state index is -1.39. The van der Waals surface area contributed by atoms with E-state index in [9.17, 15) is 0 Å². The number of ether oxygens (including phenoxy) is 2. The van der Waals surface area contributed by atoms with Gasteiger partial charge in [-0.1, -0.05) is 11.8 Å². The van der Waals surface area contributed by atoms with Crippen LogP contribution >= 0.6 is 11.8 Å². The van der Waals surface area contributed by atoms with Crippen LogP contribution in [0.5, 0.6) is 11.5 Å². The summed E-state index contributed by atoms with van der Waals surface area (Å²) in [5, 5.41) is 24.9. The smallest absolute Gasteiger partial charge is 0.208 e. The van der Waals surface area contributed by atoms with Crippen molar-refractivity contribution in [2.75, 3.05) is 20.0 Å². The minimum Gasteiger partial charge on any atom is -0.497 e. The van der Waals surface area contributed by atoms with Crippen LogP contribution in [0.3, 0.4) is 0 Å². The third kappa shape index (κ3) is 3.62. The van der Waals surface area contributed by atoms with Crippen molar-refractivity contribution in [3.8, 4) is 22.9 Å². The molecule has 0 saturated heterocycles. The SMILES string of the molecule is COc1cc(OC)cc(-c2nc(SCC(O)O)n[nH]2)c1. The molecular formula is C12H15N3O4S. The number of aliphatic hydroxyl groups excluding tert-OH is 1. The Bertz CT molecular complexity index is 551. The van der Waals surface area contributed by atoms with Crippen molar-refractivity contribution >= 4 is 11.8 Å². The second-order valence-electron chi connectivity index (χ2n) is 3.86. The predicted octanol–water partition coefficient (Wildman–Crippen LogP) is 0.892. The van der Waals surface area contributed by atoms with Crippen LogP contribution in [-0.2, 0) is 0 Å². The number of hydrogen-bond donors (Lipinski definition) is 3. The summed E-state index contributed by atoms with van der Waals surface area (Å²) in [5.74, 6) is 1.96. The molecule has 0 saturated carbocycles. The molecule has 108 valence electrons. The zero-order chi connectivity index (χ0) is 14.5. The first-order chi connectivity index (χ1) is 9.62. The molecule has 8 heteroatoms. The number of aliphatic hydroxyl groups is 2. The second-order valence-corrected chi connectivity index (χ2v) is 4.85. The summed E-state index contributed by atoms with van der Waals surface area (Å²) >= 11 is 1.15. The molecule has 2 aromatic rings. The molecule has 0 aliphatic rings. The van der Waals surface area contributed by atoms with Crippen molar-refractivity contribution in [2.24, 2.45) is 0 Å². The fraction of sp³-hybridized carbons (Fsp3) is 0.333. The Kier molecular flexibility index (Phi) is 4.83. The Labute approximate surface area is 120 Å². The van der Waals surface area contributed by atoms with Crippen LogP contribution in [-0.4, -0.2) is 51.7 Å². The van der Waals surface area contributed by atoms with E-state index in [-0.39, 0.29) is 5.75 Å². The Morgan fingerprint density at radius 2 is 1.85 bits per heavy atom. The molecule has 1 aromatic carbocycles. The lowest BCUT2D eigenvalue weighted by molar-refractivity contribution is -0.0186. The zero-order valence-electron chi connectivity index (χ0n) is 11.0. The van der Waals surface area contributed by atoms with Crippen LogP contribution in [0.25, 0.3) is 11.4 Å². The highest BCUT2D eigenvalue weighted by atomic mass is 32.2. The van der Waals surface area contributed by atoms with Gasteiger partial charge in [-0.05, 0) is 12.1 Å². The molecule has 2 rings (SSSR count). The second kappa shape index (κ2) is 6.60. The molecule has 0 aliphatic heterocycles. The molecule has 0 bridgehead atoms. The van der Waals surface area contributed by atoms with Crippen molar-refractivity contribution in [2.45, 2.75) is 11.4 Å². The summed E-state index contributed by atoms with van der Waals surface area (Å²) in [6.45, 7) is 0. The van der Waals surface area contributed by atoms with Crippen molar-refractivity contribution in [3.63, 3.8) is 0 Å². The molecule has 0 radical (unpaired) electrons. The fourth-order valence-corrected chi connectivity index (χ4v) is 2.10. The normalized spacial score (nSPS) is 10.8. The Morgan fingerprint density at radius 1 is 1.20 bits per heavy atom. The number of rotatable bonds is 6. The van der Waals surface area contributed by atoms with Gasteiger partial charge in [-0.25, -0.2) is 4.98 Å². The topological polar surface area (TPSA) is 100 Å². The number of aromatic nitrogens is 3. The molecule has 1 heterocycles. The molecular weight excluding hydrogens is 282 g/mol. The lowest BCUT2D eigenvalue weighted by Crippen LogP contribution is -2.07. The lowest BCUT2D eigenvalue weighted by atomic mass is 10.2. The van der Waals surface area contributed by atoms with Gasteiger partial charge in [0, 0.05) is 11.6 Å². The number of nitrogens with zero attached hydrogens (tertiary/aromatic N) is 2. The van der Waals surface area contributed by atoms with E-state index in [1.807, 2.05) is 0 Å². The van der Waals surface area contributed by atoms with Crippen LogP contribution in [0, 0.1) is 0 Å². The molecule has 0 spiro atoms. The van der Waals surface area contributed by atoms with E-state index in [1.54, 1.807) is 32.4 Å². The van der Waals surface area contributed by atoms with E-state index in [0.29, 0.717) is 22.5 Å². The maximum atomic E-state index is 8.81. The Balaban J connectivity index is 2.22. The van der Waals surface area contributed by atoms with Crippen molar-refractivity contribution in [3.05, 3.63) is 18.2 Å². The molecule has 7 nitrogen and oxygen atoms in total. The summed E-state index contributed by atoms with van der Waals surface area (Å²) in [6.07, 6.45) is -1.39. The lowest BCUT2D eigenvalue weighted by Gasteiger charge is -2.06. The average molecular weight is 297 g/mol. The number of nitrogens with one attached hydrogen (secondary N) is 1. The van der Waals surface area contributed by atoms with Gasteiger partial charge < -0.3 is 19.7 Å². The van der Waals surface area contributed by atoms with Gasteiger partial charge >= 0.3 is 0 Å². The van der Waals surface area contributed by atoms with Crippen LogP contribution in [0.1, 0.15) is 0 Å². The van der Waals surface area contributed by atoms with Gasteiger partial charge in [0.25, 0.3) is 0 Å². The van der Waals surface area contributed by atoms with Gasteiger partial charge in [-0.3, -0.25) is 5.10 Å². The van der Waals surface area contributed by atoms with E-state index in [4.69, 9.17) is 19.7 Å². The fourth-order valence-electron chi connectivity index (χ4n) is 1.53. The minimum absolute atomic E-state index is 0.110. The van der Waals surface area contributed by atoms with E-state index in [1.165, 1.54) is 0 Å². The quantitative estimate of drug-likeness (QED) is 0.538. The number of benzene rings is 1. The zero-order valence-corrected chi connectivity index (χ0v) is 11.8. The van der Waals surface area contributed by atoms with Crippen LogP contribution < -0.4 is 9.47 Å². The first-order valence-electron chi connectivity index (χ1n) is 5.77. The Morgan fingerprint density at radius 3 is 2.40 bits per heavy atom. The first-order valence-corrected chi connectivity index (χ1v) is 6.75. The van der Waals surface area contributed by atoms with Crippen LogP contribution in [0.15, 0.2) is 23.4 Å². The summed E-state index contributed by atoms with van der Waals surface area (Å²) in [7, 11) is 3.14. The molecule has 0 unspecified atom stereocenters. The number of H-pyrrole nitrogens is 1. The third-order valence-corrected chi connectivity index (χ3v) is 3.36. The first kappa shape index (κ1) is 14.6. The molecule has 1 aromatic heterocycles. The number of thioether (sulfide) groups is 1. The molecule has 0 atom stereocenters. The highest BCUT2D eigenvalue weighted by molar-refractivity contribution is 7.99. The van der Waals surface area contributed by atoms with Gasteiger partial charge in [0.05, 0.1) is 20.0 Å². The van der Waals surface area contributed by atoms with Gasteiger partial charge in [-0.15, -0.1) is 5.10 Å². The average Bonchev–Trinajstić information content (AvgIpc) is 2.93. The number of hydrogen-bond acceptors (Lipinski definition) is 7. The molecule has 3 N–H and O–H groups in total. The highest BCUT2D eigenvalue weighted by Gasteiger charge is 2.10. The van der Waals surface area contributed by atoms with Gasteiger partial charge in [0.1, 0.15) is 11.5 Å². The summed E-state index contributed by atoms with van der Waals surface area (Å²) < 4.78 is 10.4. The van der Waals surface area contributed by atoms with E-state index in [0.717, 1.165) is 17.3 Å². The van der Waals surface area contributed by atoms with Crippen molar-refractivity contribution < 1.29 is 19.7 Å². The maximum Gasteiger partial charge on any atom is 0.208 e. The molecule has 0 fully saturated rings. The van der Waals surface area contributed by atoms with Crippen LogP contribution in [0.4, 0.5) is 0 Å². The number of methoxy groups -OCH3 is 2. The van der Waals surface area contributed by atoms with Gasteiger partial charge in [0.15, 0.2) is 12.1 Å². The third-order valence-electron chi connectivity index (χ3n) is 2.45. The summed E-state index contributed by atoms with van der Waals surface area (Å²) in [5.41, 5.74) is 0.769. The Hall–Kier alpha value is -1.77. The van der Waals surface area contributed by atoms with Gasteiger partial charge in [-0.2, -0.15) is 0 Å². The summed E-state index contributed by atoms with van der Waals surface area (Å²) in [4.78, 5) is 4.27. The van der Waals surface area contributed by atoms with Gasteiger partial charge in [0.2, 0.25) is 5.16 Å². The summed E-state index contributed by atoms with van der Waals surface area (Å²) in [6, 6.07) is 5.37. The molecule has 0 amide bonds. The van der Waals surface area contributed by atoms with Crippen molar-refractivity contribution in [1.29, 1.82) is 0 Å². The standard InChI is InChI=1S/C12H15N3O4S/c1-18-8-3-7(4-9(5-8)19-2)11-13-12(15-14-11)20-6-10(16)17/h3-5,10,16-17H,6H2,1-2H3,(H,13,14,15). The predicted molar refractivity (Wildman–Crippen MR) is 73.9 cm³/mol. The highest BCUT2D eigenvalue weighted by Crippen LogP contribution is 2.28. The van der Waals surface area contributed by atoms with E-state index in [2.05, 4.69) is 15.2 Å². The molecule has 20 heavy (non-hydrogen) atoms. The van der Waals surface area contributed by atoms with E-state index >= 15 is 0 Å². The largest absolute Gasteiger partial charge is 0.497 e. The van der Waals surface area contributed by atoms with Crippen molar-refractivity contribution in [1.82, 2.24) is 15.2 Å². The number of aromatic amines is 1. The van der Waals surface area contributed by atoms with E-state index < -0.39 is 6.29 Å². The maximum absolute atomic E-state index is 8.81. The molecule has 0 aliphatic carbocycles.